The fraction of sp³-hybridized carbons (Fsp3) is 0.345. The van der Waals surface area contributed by atoms with Crippen molar-refractivity contribution in [2.24, 2.45) is 5.92 Å². The predicted octanol–water partition coefficient (Wildman–Crippen LogP) is 8.47. The largest absolute Gasteiger partial charge is 0.489 e. The molecule has 1 fully saturated rings. The molecule has 1 aliphatic rings. The first kappa shape index (κ1) is 26.5. The fourth-order valence-corrected chi connectivity index (χ4v) is 4.58. The highest BCUT2D eigenvalue weighted by Gasteiger charge is 2.34. The lowest BCUT2D eigenvalue weighted by molar-refractivity contribution is -0.137. The topological polar surface area (TPSA) is 50.4 Å². The minimum atomic E-state index is -4.65. The molecule has 3 aromatic rings. The zero-order chi connectivity index (χ0) is 26.3. The van der Waals surface area contributed by atoms with Crippen molar-refractivity contribution >= 4 is 23.0 Å². The van der Waals surface area contributed by atoms with Crippen LogP contribution in [0.25, 0.3) is 0 Å². The summed E-state index contributed by atoms with van der Waals surface area (Å²) >= 11 is 0. The predicted molar refractivity (Wildman–Crippen MR) is 136 cm³/mol. The summed E-state index contributed by atoms with van der Waals surface area (Å²) in [4.78, 5) is 12.4. The van der Waals surface area contributed by atoms with E-state index >= 15 is 0 Å². The smallest absolute Gasteiger partial charge is 0.418 e. The maximum Gasteiger partial charge on any atom is 0.418 e. The average Bonchev–Trinajstić information content (AvgIpc) is 2.89. The van der Waals surface area contributed by atoms with E-state index in [1.165, 1.54) is 43.5 Å². The highest BCUT2D eigenvalue weighted by Crippen LogP contribution is 2.39. The average molecular weight is 515 g/mol. The summed E-state index contributed by atoms with van der Waals surface area (Å²) < 4.78 is 61.4. The van der Waals surface area contributed by atoms with Crippen molar-refractivity contribution < 1.29 is 27.1 Å². The zero-order valence-corrected chi connectivity index (χ0v) is 20.4. The summed E-state index contributed by atoms with van der Waals surface area (Å²) in [6, 6.07) is 16.5. The molecule has 0 unspecified atom stereocenters. The Hall–Kier alpha value is -3.55. The molecular formula is C29H30F4N2O2. The quantitative estimate of drug-likeness (QED) is 0.282. The lowest BCUT2D eigenvalue weighted by atomic mass is 9.86. The highest BCUT2D eigenvalue weighted by molar-refractivity contribution is 5.91. The molecule has 0 saturated heterocycles. The Labute approximate surface area is 214 Å². The van der Waals surface area contributed by atoms with Gasteiger partial charge in [-0.25, -0.2) is 4.39 Å². The van der Waals surface area contributed by atoms with Crippen LogP contribution >= 0.6 is 0 Å². The van der Waals surface area contributed by atoms with Gasteiger partial charge in [0.15, 0.2) is 0 Å². The number of rotatable bonds is 9. The van der Waals surface area contributed by atoms with E-state index in [0.717, 1.165) is 37.0 Å². The third-order valence-corrected chi connectivity index (χ3v) is 6.57. The van der Waals surface area contributed by atoms with Crippen LogP contribution in [0.5, 0.6) is 5.75 Å². The second-order valence-electron chi connectivity index (χ2n) is 9.39. The maximum atomic E-state index is 14.4. The van der Waals surface area contributed by atoms with Gasteiger partial charge in [-0.1, -0.05) is 62.4 Å². The van der Waals surface area contributed by atoms with Gasteiger partial charge in [-0.05, 0) is 54.3 Å². The van der Waals surface area contributed by atoms with Crippen LogP contribution in [-0.4, -0.2) is 5.91 Å². The van der Waals surface area contributed by atoms with Gasteiger partial charge in [0.05, 0.1) is 16.9 Å². The summed E-state index contributed by atoms with van der Waals surface area (Å²) in [7, 11) is 0. The van der Waals surface area contributed by atoms with Crippen molar-refractivity contribution in [3.63, 3.8) is 0 Å². The molecule has 8 heteroatoms. The van der Waals surface area contributed by atoms with Crippen LogP contribution < -0.4 is 15.4 Å². The second kappa shape index (κ2) is 12.1. The molecule has 196 valence electrons. The molecule has 1 aliphatic carbocycles. The lowest BCUT2D eigenvalue weighted by Gasteiger charge is -2.21. The van der Waals surface area contributed by atoms with Crippen molar-refractivity contribution in [3.05, 3.63) is 83.7 Å². The summed E-state index contributed by atoms with van der Waals surface area (Å²) in [5.41, 5.74) is -0.151. The summed E-state index contributed by atoms with van der Waals surface area (Å²) in [5.74, 6) is -0.376. The Kier molecular flexibility index (Phi) is 8.69. The molecule has 0 bridgehead atoms. The van der Waals surface area contributed by atoms with Crippen LogP contribution in [0.2, 0.25) is 0 Å². The number of hydrogen-bond donors (Lipinski definition) is 2. The highest BCUT2D eigenvalue weighted by atomic mass is 19.4. The molecule has 0 aliphatic heterocycles. The molecule has 1 saturated carbocycles. The van der Waals surface area contributed by atoms with E-state index in [1.54, 1.807) is 0 Å². The van der Waals surface area contributed by atoms with Crippen LogP contribution in [0.4, 0.5) is 34.6 Å². The number of benzene rings is 3. The zero-order valence-electron chi connectivity index (χ0n) is 20.4. The molecule has 0 heterocycles. The number of carbonyl (C=O) groups is 1. The molecule has 0 aromatic heterocycles. The third kappa shape index (κ3) is 7.71. The van der Waals surface area contributed by atoms with Gasteiger partial charge in [-0.2, -0.15) is 13.2 Å². The number of nitrogens with one attached hydrogen (secondary N) is 2. The number of hydrogen-bond acceptors (Lipinski definition) is 3. The van der Waals surface area contributed by atoms with Crippen molar-refractivity contribution in [1.82, 2.24) is 0 Å². The van der Waals surface area contributed by atoms with Crippen LogP contribution in [0, 0.1) is 11.7 Å². The first-order valence-corrected chi connectivity index (χ1v) is 12.5. The number of ether oxygens (including phenoxy) is 1. The first-order chi connectivity index (χ1) is 17.8. The molecule has 2 N–H and O–H groups in total. The maximum absolute atomic E-state index is 14.4. The number of alkyl halides is 3. The van der Waals surface area contributed by atoms with E-state index in [9.17, 15) is 22.4 Å². The Bertz CT molecular complexity index is 1190. The van der Waals surface area contributed by atoms with Gasteiger partial charge in [0.25, 0.3) is 0 Å². The molecule has 0 spiro atoms. The standard InChI is InChI=1S/C29H30F4N2O2/c30-25-14-12-22(17-27(25)35-28(36)16-11-20-7-3-1-4-8-20)34-26-15-13-23(18-24(26)29(31,32)33)37-19-21-9-5-2-6-10-21/h2,5-6,9-10,12-15,17-18,20,34H,1,3-4,7-8,11,16,19H2,(H,35,36). The second-order valence-corrected chi connectivity index (χ2v) is 9.39. The number of anilines is 3. The Morgan fingerprint density at radius 2 is 1.68 bits per heavy atom. The molecule has 1 amide bonds. The van der Waals surface area contributed by atoms with Gasteiger partial charge >= 0.3 is 6.18 Å². The van der Waals surface area contributed by atoms with E-state index in [2.05, 4.69) is 10.6 Å². The minimum Gasteiger partial charge on any atom is -0.489 e. The van der Waals surface area contributed by atoms with E-state index in [0.29, 0.717) is 5.92 Å². The van der Waals surface area contributed by atoms with Gasteiger partial charge in [-0.3, -0.25) is 4.79 Å². The molecular weight excluding hydrogens is 484 g/mol. The van der Waals surface area contributed by atoms with Crippen molar-refractivity contribution in [3.8, 4) is 5.75 Å². The van der Waals surface area contributed by atoms with Gasteiger partial charge in [-0.15, -0.1) is 0 Å². The van der Waals surface area contributed by atoms with Gasteiger partial charge in [0.1, 0.15) is 18.2 Å². The van der Waals surface area contributed by atoms with Gasteiger partial charge in [0, 0.05) is 12.1 Å². The Morgan fingerprint density at radius 1 is 0.919 bits per heavy atom. The Morgan fingerprint density at radius 3 is 2.41 bits per heavy atom. The lowest BCUT2D eigenvalue weighted by Crippen LogP contribution is -2.15. The van der Waals surface area contributed by atoms with Crippen LogP contribution in [0.3, 0.4) is 0 Å². The summed E-state index contributed by atoms with van der Waals surface area (Å²) in [5, 5.41) is 5.28. The van der Waals surface area contributed by atoms with Crippen LogP contribution in [0.15, 0.2) is 66.7 Å². The molecule has 4 rings (SSSR count). The molecule has 3 aromatic carbocycles. The van der Waals surface area contributed by atoms with Crippen molar-refractivity contribution in [2.45, 2.75) is 57.7 Å². The SMILES string of the molecule is O=C(CCC1CCCCC1)Nc1cc(Nc2ccc(OCc3ccccc3)cc2C(F)(F)F)ccc1F. The van der Waals surface area contributed by atoms with E-state index < -0.39 is 17.6 Å². The van der Waals surface area contributed by atoms with Gasteiger partial charge < -0.3 is 15.4 Å². The number of amides is 1. The minimum absolute atomic E-state index is 0.0741. The molecule has 37 heavy (non-hydrogen) atoms. The van der Waals surface area contributed by atoms with Crippen LogP contribution in [0.1, 0.15) is 56.1 Å². The summed E-state index contributed by atoms with van der Waals surface area (Å²) in [6.45, 7) is 0.132. The summed E-state index contributed by atoms with van der Waals surface area (Å²) in [6.07, 6.45) is 2.18. The Balaban J connectivity index is 1.44. The van der Waals surface area contributed by atoms with Crippen LogP contribution in [-0.2, 0) is 17.6 Å². The number of halogens is 4. The first-order valence-electron chi connectivity index (χ1n) is 12.5. The molecule has 0 radical (unpaired) electrons. The van der Waals surface area contributed by atoms with E-state index in [4.69, 9.17) is 4.74 Å². The van der Waals surface area contributed by atoms with E-state index in [1.807, 2.05) is 30.3 Å². The molecule has 0 atom stereocenters. The number of carbonyl (C=O) groups excluding carboxylic acids is 1. The van der Waals surface area contributed by atoms with Crippen molar-refractivity contribution in [1.29, 1.82) is 0 Å². The molecule has 4 nitrogen and oxygen atoms in total. The van der Waals surface area contributed by atoms with E-state index in [-0.39, 0.29) is 41.7 Å². The monoisotopic (exact) mass is 514 g/mol. The fourth-order valence-electron chi connectivity index (χ4n) is 4.58. The van der Waals surface area contributed by atoms with Gasteiger partial charge in [0.2, 0.25) is 5.91 Å². The normalized spacial score (nSPS) is 14.3. The van der Waals surface area contributed by atoms with Crippen molar-refractivity contribution in [2.75, 3.05) is 10.6 Å². The third-order valence-electron chi connectivity index (χ3n) is 6.57.